The van der Waals surface area contributed by atoms with Crippen molar-refractivity contribution in [2.75, 3.05) is 0 Å². The van der Waals surface area contributed by atoms with Crippen LogP contribution in [0.2, 0.25) is 0 Å². The van der Waals surface area contributed by atoms with E-state index in [9.17, 15) is 0 Å². The van der Waals surface area contributed by atoms with E-state index in [1.165, 1.54) is 0 Å². The number of hydrogen-bond acceptors (Lipinski definition) is 4. The van der Waals surface area contributed by atoms with Gasteiger partial charge >= 0.3 is 7.12 Å². The Morgan fingerprint density at radius 1 is 0.963 bits per heavy atom. The number of benzene rings is 2. The van der Waals surface area contributed by atoms with Gasteiger partial charge in [0.2, 0.25) is 0 Å². The van der Waals surface area contributed by atoms with Crippen LogP contribution < -0.4 is 10.5 Å². The molecule has 1 aliphatic rings. The molecule has 144 valence electrons. The zero-order chi connectivity index (χ0) is 19.8. The molecule has 0 amide bonds. The van der Waals surface area contributed by atoms with E-state index in [-0.39, 0.29) is 5.94 Å². The van der Waals surface area contributed by atoms with Crippen molar-refractivity contribution in [2.45, 2.75) is 65.3 Å². The highest BCUT2D eigenvalue weighted by atomic mass is 16.7. The second kappa shape index (κ2) is 7.31. The topological polar surface area (TPSA) is 53.7 Å². The molecule has 3 rings (SSSR count). The zero-order valence-corrected chi connectivity index (χ0v) is 17.2. The summed E-state index contributed by atoms with van der Waals surface area (Å²) in [5.41, 5.74) is 9.99. The normalized spacial score (nSPS) is 19.1. The Labute approximate surface area is 163 Å². The summed E-state index contributed by atoms with van der Waals surface area (Å²) in [6, 6.07) is 14.3. The maximum absolute atomic E-state index is 6.50. The lowest BCUT2D eigenvalue weighted by molar-refractivity contribution is 0.00578. The molecular formula is C22H30BNO3. The molecule has 0 bridgehead atoms. The van der Waals surface area contributed by atoms with Gasteiger partial charge in [0, 0.05) is 0 Å². The summed E-state index contributed by atoms with van der Waals surface area (Å²) in [6.45, 7) is 12.8. The fourth-order valence-corrected chi connectivity index (χ4v) is 3.33. The molecule has 27 heavy (non-hydrogen) atoms. The second-order valence-electron chi connectivity index (χ2n) is 8.41. The first kappa shape index (κ1) is 19.9. The first-order valence-corrected chi connectivity index (χ1v) is 9.50. The average molecular weight is 367 g/mol. The van der Waals surface area contributed by atoms with Crippen LogP contribution in [0.25, 0.3) is 0 Å². The van der Waals surface area contributed by atoms with Crippen molar-refractivity contribution < 1.29 is 14.0 Å². The molecule has 0 unspecified atom stereocenters. The standard InChI is InChI=1S/C22H30BNO3/c1-15-12-18(20(24)23-26-21(3,4)22(5,6)27-23)13-16(2)19(15)25-14-17-10-8-7-9-11-17/h7-13,20H,14,24H2,1-6H3/t20-/m0/s1. The molecule has 0 spiro atoms. The third-order valence-electron chi connectivity index (χ3n) is 5.66. The smallest absolute Gasteiger partial charge is 0.480 e. The fourth-order valence-electron chi connectivity index (χ4n) is 3.33. The fraction of sp³-hybridized carbons (Fsp3) is 0.455. The SMILES string of the molecule is Cc1cc([C@H](N)B2OC(C)(C)C(C)(C)O2)cc(C)c1OCc1ccccc1. The number of aryl methyl sites for hydroxylation is 2. The number of hydrogen-bond donors (Lipinski definition) is 1. The van der Waals surface area contributed by atoms with Gasteiger partial charge in [-0.1, -0.05) is 42.5 Å². The summed E-state index contributed by atoms with van der Waals surface area (Å²) in [7, 11) is -0.468. The van der Waals surface area contributed by atoms with Gasteiger partial charge in [-0.15, -0.1) is 0 Å². The summed E-state index contributed by atoms with van der Waals surface area (Å²) < 4.78 is 18.3. The van der Waals surface area contributed by atoms with Gasteiger partial charge in [-0.05, 0) is 63.8 Å². The van der Waals surface area contributed by atoms with Crippen LogP contribution >= 0.6 is 0 Å². The molecule has 0 aliphatic carbocycles. The monoisotopic (exact) mass is 367 g/mol. The molecule has 1 fully saturated rings. The van der Waals surface area contributed by atoms with Crippen molar-refractivity contribution in [3.05, 3.63) is 64.7 Å². The van der Waals surface area contributed by atoms with E-state index in [0.29, 0.717) is 6.61 Å². The Balaban J connectivity index is 1.76. The lowest BCUT2D eigenvalue weighted by atomic mass is 9.74. The molecule has 1 heterocycles. The van der Waals surface area contributed by atoms with Gasteiger partial charge in [0.1, 0.15) is 12.4 Å². The van der Waals surface area contributed by atoms with E-state index in [4.69, 9.17) is 19.8 Å². The van der Waals surface area contributed by atoms with Gasteiger partial charge in [0.25, 0.3) is 0 Å². The molecular weight excluding hydrogens is 337 g/mol. The number of nitrogens with two attached hydrogens (primary N) is 1. The van der Waals surface area contributed by atoms with E-state index in [1.807, 2.05) is 59.7 Å². The van der Waals surface area contributed by atoms with Crippen LogP contribution in [0, 0.1) is 13.8 Å². The molecule has 2 aromatic carbocycles. The summed E-state index contributed by atoms with van der Waals surface area (Å²) in [5.74, 6) is 0.551. The van der Waals surface area contributed by atoms with E-state index in [1.54, 1.807) is 0 Å². The van der Waals surface area contributed by atoms with Gasteiger partial charge in [0.05, 0.1) is 17.1 Å². The minimum Gasteiger partial charge on any atom is -0.488 e. The predicted octanol–water partition coefficient (Wildman–Crippen LogP) is 4.51. The molecule has 2 N–H and O–H groups in total. The van der Waals surface area contributed by atoms with Gasteiger partial charge < -0.3 is 19.8 Å². The summed E-state index contributed by atoms with van der Waals surface area (Å²) >= 11 is 0. The Morgan fingerprint density at radius 3 is 2.00 bits per heavy atom. The molecule has 5 heteroatoms. The van der Waals surface area contributed by atoms with E-state index in [2.05, 4.69) is 24.3 Å². The van der Waals surface area contributed by atoms with Crippen molar-refractivity contribution >= 4 is 7.12 Å². The number of rotatable bonds is 5. The highest BCUT2D eigenvalue weighted by Crippen LogP contribution is 2.40. The summed E-state index contributed by atoms with van der Waals surface area (Å²) in [4.78, 5) is 0. The lowest BCUT2D eigenvalue weighted by Crippen LogP contribution is -2.41. The maximum atomic E-state index is 6.50. The highest BCUT2D eigenvalue weighted by molar-refractivity contribution is 6.47. The Kier molecular flexibility index (Phi) is 5.39. The second-order valence-corrected chi connectivity index (χ2v) is 8.41. The molecule has 1 aliphatic heterocycles. The third kappa shape index (κ3) is 4.05. The zero-order valence-electron chi connectivity index (χ0n) is 17.2. The third-order valence-corrected chi connectivity index (χ3v) is 5.66. The predicted molar refractivity (Wildman–Crippen MR) is 110 cm³/mol. The van der Waals surface area contributed by atoms with Crippen LogP contribution in [0.5, 0.6) is 5.75 Å². The summed E-state index contributed by atoms with van der Waals surface area (Å²) in [5, 5.41) is 0. The molecule has 0 aromatic heterocycles. The average Bonchev–Trinajstić information content (AvgIpc) is 2.82. The molecule has 1 atom stereocenters. The highest BCUT2D eigenvalue weighted by Gasteiger charge is 2.53. The summed E-state index contributed by atoms with van der Waals surface area (Å²) in [6.07, 6.45) is 0. The van der Waals surface area contributed by atoms with Crippen molar-refractivity contribution in [2.24, 2.45) is 5.73 Å². The molecule has 0 saturated carbocycles. The number of ether oxygens (including phenoxy) is 1. The van der Waals surface area contributed by atoms with Crippen molar-refractivity contribution in [3.63, 3.8) is 0 Å². The first-order valence-electron chi connectivity index (χ1n) is 9.50. The van der Waals surface area contributed by atoms with Crippen LogP contribution in [-0.2, 0) is 15.9 Å². The van der Waals surface area contributed by atoms with Crippen LogP contribution in [0.15, 0.2) is 42.5 Å². The molecule has 0 radical (unpaired) electrons. The quantitative estimate of drug-likeness (QED) is 0.790. The van der Waals surface area contributed by atoms with Gasteiger partial charge in [-0.2, -0.15) is 0 Å². The van der Waals surface area contributed by atoms with E-state index >= 15 is 0 Å². The van der Waals surface area contributed by atoms with E-state index in [0.717, 1.165) is 28.0 Å². The molecule has 4 nitrogen and oxygen atoms in total. The van der Waals surface area contributed by atoms with Crippen LogP contribution in [0.4, 0.5) is 0 Å². The van der Waals surface area contributed by atoms with Crippen molar-refractivity contribution in [1.82, 2.24) is 0 Å². The first-order chi connectivity index (χ1) is 12.6. The Morgan fingerprint density at radius 2 is 1.48 bits per heavy atom. The maximum Gasteiger partial charge on any atom is 0.480 e. The lowest BCUT2D eigenvalue weighted by Gasteiger charge is -2.32. The van der Waals surface area contributed by atoms with Gasteiger partial charge in [-0.25, -0.2) is 0 Å². The van der Waals surface area contributed by atoms with E-state index < -0.39 is 18.3 Å². The van der Waals surface area contributed by atoms with Gasteiger partial charge in [0.15, 0.2) is 0 Å². The minimum atomic E-state index is -0.468. The van der Waals surface area contributed by atoms with Crippen molar-refractivity contribution in [1.29, 1.82) is 0 Å². The van der Waals surface area contributed by atoms with Crippen molar-refractivity contribution in [3.8, 4) is 5.75 Å². The van der Waals surface area contributed by atoms with Gasteiger partial charge in [-0.3, -0.25) is 0 Å². The molecule has 2 aromatic rings. The van der Waals surface area contributed by atoms with Crippen LogP contribution in [0.1, 0.15) is 55.9 Å². The minimum absolute atomic E-state index is 0.355. The Hall–Kier alpha value is -1.82. The largest absolute Gasteiger partial charge is 0.488 e. The molecule has 1 saturated heterocycles. The van der Waals surface area contributed by atoms with Crippen LogP contribution in [-0.4, -0.2) is 18.3 Å². The Bertz CT molecular complexity index is 765. The van der Waals surface area contributed by atoms with Crippen LogP contribution in [0.3, 0.4) is 0 Å².